The predicted octanol–water partition coefficient (Wildman–Crippen LogP) is 2.62. The van der Waals surface area contributed by atoms with Crippen molar-refractivity contribution in [3.05, 3.63) is 29.3 Å². The lowest BCUT2D eigenvalue weighted by molar-refractivity contribution is -0.146. The number of aryl methyl sites for hydroxylation is 1. The minimum Gasteiger partial charge on any atom is -0.482 e. The van der Waals surface area contributed by atoms with E-state index >= 15 is 0 Å². The minimum absolute atomic E-state index is 0.0159. The second kappa shape index (κ2) is 7.29. The molecule has 0 saturated carbocycles. The second-order valence-corrected chi connectivity index (χ2v) is 5.10. The highest BCUT2D eigenvalue weighted by Crippen LogP contribution is 2.33. The first-order valence-corrected chi connectivity index (χ1v) is 7.33. The molecular weight excluding hydrogens is 254 g/mol. The standard InChI is InChI=1S/C16H23NO3/c1-3-4-9-19-16(18)11-20-13-6-7-14-12(10-13)5-8-15(14)17-2/h6-7,10,15,17H,3-5,8-9,11H2,1-2H3. The molecule has 0 fully saturated rings. The van der Waals surface area contributed by atoms with Crippen LogP contribution in [0, 0.1) is 0 Å². The van der Waals surface area contributed by atoms with E-state index in [1.807, 2.05) is 19.2 Å². The molecule has 2 rings (SSSR count). The van der Waals surface area contributed by atoms with Crippen LogP contribution in [0.3, 0.4) is 0 Å². The summed E-state index contributed by atoms with van der Waals surface area (Å²) in [6.07, 6.45) is 4.09. The fraction of sp³-hybridized carbons (Fsp3) is 0.562. The SMILES string of the molecule is CCCCOC(=O)COc1ccc2c(c1)CCC2NC. The first kappa shape index (κ1) is 14.9. The van der Waals surface area contributed by atoms with Crippen molar-refractivity contribution in [3.8, 4) is 5.75 Å². The van der Waals surface area contributed by atoms with Gasteiger partial charge in [-0.05, 0) is 49.6 Å². The van der Waals surface area contributed by atoms with Crippen molar-refractivity contribution < 1.29 is 14.3 Å². The Kier molecular flexibility index (Phi) is 5.41. The summed E-state index contributed by atoms with van der Waals surface area (Å²) >= 11 is 0. The van der Waals surface area contributed by atoms with Crippen LogP contribution in [0.1, 0.15) is 43.4 Å². The Morgan fingerprint density at radius 3 is 3.05 bits per heavy atom. The first-order valence-electron chi connectivity index (χ1n) is 7.33. The van der Waals surface area contributed by atoms with Gasteiger partial charge < -0.3 is 14.8 Å². The lowest BCUT2D eigenvalue weighted by Crippen LogP contribution is -2.15. The third kappa shape index (κ3) is 3.73. The number of nitrogens with one attached hydrogen (secondary N) is 1. The number of fused-ring (bicyclic) bond motifs is 1. The third-order valence-electron chi connectivity index (χ3n) is 3.66. The Morgan fingerprint density at radius 1 is 1.45 bits per heavy atom. The van der Waals surface area contributed by atoms with E-state index in [1.54, 1.807) is 0 Å². The maximum Gasteiger partial charge on any atom is 0.344 e. The zero-order valence-corrected chi connectivity index (χ0v) is 12.3. The van der Waals surface area contributed by atoms with Crippen molar-refractivity contribution in [1.82, 2.24) is 5.32 Å². The predicted molar refractivity (Wildman–Crippen MR) is 77.9 cm³/mol. The number of carbonyl (C=O) groups excluding carboxylic acids is 1. The van der Waals surface area contributed by atoms with E-state index in [0.29, 0.717) is 12.6 Å². The Labute approximate surface area is 120 Å². The summed E-state index contributed by atoms with van der Waals surface area (Å²) in [7, 11) is 1.98. The second-order valence-electron chi connectivity index (χ2n) is 5.10. The number of benzene rings is 1. The zero-order chi connectivity index (χ0) is 14.4. The number of hydrogen-bond acceptors (Lipinski definition) is 4. The van der Waals surface area contributed by atoms with Crippen LogP contribution in [0.5, 0.6) is 5.75 Å². The number of esters is 1. The average Bonchev–Trinajstić information content (AvgIpc) is 2.87. The molecular formula is C16H23NO3. The van der Waals surface area contributed by atoms with E-state index in [0.717, 1.165) is 31.4 Å². The van der Waals surface area contributed by atoms with Crippen LogP contribution in [0.2, 0.25) is 0 Å². The molecule has 1 aliphatic rings. The van der Waals surface area contributed by atoms with Crippen LogP contribution >= 0.6 is 0 Å². The van der Waals surface area contributed by atoms with Gasteiger partial charge in [0.1, 0.15) is 5.75 Å². The summed E-state index contributed by atoms with van der Waals surface area (Å²) in [6, 6.07) is 6.49. The fourth-order valence-corrected chi connectivity index (χ4v) is 2.50. The monoisotopic (exact) mass is 277 g/mol. The number of hydrogen-bond donors (Lipinski definition) is 1. The zero-order valence-electron chi connectivity index (χ0n) is 12.3. The highest BCUT2D eigenvalue weighted by Gasteiger charge is 2.21. The fourth-order valence-electron chi connectivity index (χ4n) is 2.50. The Hall–Kier alpha value is -1.55. The topological polar surface area (TPSA) is 47.6 Å². The molecule has 4 heteroatoms. The lowest BCUT2D eigenvalue weighted by atomic mass is 10.1. The van der Waals surface area contributed by atoms with E-state index in [9.17, 15) is 4.79 Å². The molecule has 0 bridgehead atoms. The quantitative estimate of drug-likeness (QED) is 0.615. The normalized spacial score (nSPS) is 16.8. The van der Waals surface area contributed by atoms with Crippen LogP contribution in [0.25, 0.3) is 0 Å². The van der Waals surface area contributed by atoms with Gasteiger partial charge in [-0.15, -0.1) is 0 Å². The molecule has 20 heavy (non-hydrogen) atoms. The highest BCUT2D eigenvalue weighted by molar-refractivity contribution is 5.71. The van der Waals surface area contributed by atoms with Crippen LogP contribution in [0.4, 0.5) is 0 Å². The van der Waals surface area contributed by atoms with Crippen molar-refractivity contribution in [3.63, 3.8) is 0 Å². The van der Waals surface area contributed by atoms with E-state index in [1.165, 1.54) is 11.1 Å². The van der Waals surface area contributed by atoms with Crippen molar-refractivity contribution in [1.29, 1.82) is 0 Å². The van der Waals surface area contributed by atoms with Gasteiger partial charge in [0.2, 0.25) is 0 Å². The molecule has 0 saturated heterocycles. The summed E-state index contributed by atoms with van der Waals surface area (Å²) < 4.78 is 10.6. The third-order valence-corrected chi connectivity index (χ3v) is 3.66. The summed E-state index contributed by atoms with van der Waals surface area (Å²) in [6.45, 7) is 2.53. The van der Waals surface area contributed by atoms with Gasteiger partial charge in [-0.1, -0.05) is 19.4 Å². The molecule has 0 spiro atoms. The molecule has 0 aromatic heterocycles. The van der Waals surface area contributed by atoms with Crippen LogP contribution < -0.4 is 10.1 Å². The van der Waals surface area contributed by atoms with Gasteiger partial charge >= 0.3 is 5.97 Å². The number of rotatable bonds is 7. The van der Waals surface area contributed by atoms with E-state index in [2.05, 4.69) is 18.3 Å². The van der Waals surface area contributed by atoms with Crippen molar-refractivity contribution in [2.24, 2.45) is 0 Å². The minimum atomic E-state index is -0.299. The number of carbonyl (C=O) groups is 1. The molecule has 0 radical (unpaired) electrons. The van der Waals surface area contributed by atoms with Crippen molar-refractivity contribution >= 4 is 5.97 Å². The average molecular weight is 277 g/mol. The van der Waals surface area contributed by atoms with Crippen LogP contribution in [-0.4, -0.2) is 26.2 Å². The van der Waals surface area contributed by atoms with E-state index in [4.69, 9.17) is 9.47 Å². The Bertz CT molecular complexity index is 459. The summed E-state index contributed by atoms with van der Waals surface area (Å²) in [5.41, 5.74) is 2.64. The van der Waals surface area contributed by atoms with E-state index in [-0.39, 0.29) is 12.6 Å². The number of ether oxygens (including phenoxy) is 2. The van der Waals surface area contributed by atoms with Crippen molar-refractivity contribution in [2.75, 3.05) is 20.3 Å². The Balaban J connectivity index is 1.84. The largest absolute Gasteiger partial charge is 0.482 e. The molecule has 0 heterocycles. The van der Waals surface area contributed by atoms with Gasteiger partial charge in [-0.2, -0.15) is 0 Å². The summed E-state index contributed by atoms with van der Waals surface area (Å²) in [5, 5.41) is 3.30. The van der Waals surface area contributed by atoms with Gasteiger partial charge in [-0.3, -0.25) is 0 Å². The summed E-state index contributed by atoms with van der Waals surface area (Å²) in [4.78, 5) is 11.5. The van der Waals surface area contributed by atoms with Crippen LogP contribution in [0.15, 0.2) is 18.2 Å². The van der Waals surface area contributed by atoms with E-state index < -0.39 is 0 Å². The highest BCUT2D eigenvalue weighted by atomic mass is 16.6. The van der Waals surface area contributed by atoms with Gasteiger partial charge in [-0.25, -0.2) is 4.79 Å². The smallest absolute Gasteiger partial charge is 0.344 e. The van der Waals surface area contributed by atoms with Crippen LogP contribution in [-0.2, 0) is 16.0 Å². The molecule has 0 aliphatic heterocycles. The maximum atomic E-state index is 11.5. The lowest BCUT2D eigenvalue weighted by Gasteiger charge is -2.11. The summed E-state index contributed by atoms with van der Waals surface area (Å²) in [5.74, 6) is 0.444. The molecule has 1 unspecified atom stereocenters. The van der Waals surface area contributed by atoms with Gasteiger partial charge in [0.25, 0.3) is 0 Å². The molecule has 1 aromatic carbocycles. The molecule has 1 aliphatic carbocycles. The molecule has 4 nitrogen and oxygen atoms in total. The molecule has 1 atom stereocenters. The van der Waals surface area contributed by atoms with Crippen molar-refractivity contribution in [2.45, 2.75) is 38.6 Å². The maximum absolute atomic E-state index is 11.5. The number of unbranched alkanes of at least 4 members (excludes halogenated alkanes) is 1. The molecule has 0 amide bonds. The van der Waals surface area contributed by atoms with Gasteiger partial charge in [0, 0.05) is 6.04 Å². The van der Waals surface area contributed by atoms with Gasteiger partial charge in [0.15, 0.2) is 6.61 Å². The molecule has 1 aromatic rings. The Morgan fingerprint density at radius 2 is 2.30 bits per heavy atom. The first-order chi connectivity index (χ1) is 9.74. The molecule has 1 N–H and O–H groups in total. The molecule has 110 valence electrons. The van der Waals surface area contributed by atoms with Gasteiger partial charge in [0.05, 0.1) is 6.61 Å².